The second-order valence-electron chi connectivity index (χ2n) is 2.78. The number of allylic oxidation sites excluding steroid dienone is 1. The van der Waals surface area contributed by atoms with Crippen LogP contribution < -0.4 is 10.6 Å². The summed E-state index contributed by atoms with van der Waals surface area (Å²) in [6.45, 7) is 0.881. The Labute approximate surface area is 65.2 Å². The summed E-state index contributed by atoms with van der Waals surface area (Å²) in [7, 11) is 0. The van der Waals surface area contributed by atoms with Crippen LogP contribution in [0.3, 0.4) is 0 Å². The first-order valence-corrected chi connectivity index (χ1v) is 3.78. The molecule has 0 saturated carbocycles. The SMILES string of the molecule is O=C1CCC2=C(C=CNC2)N1. The third-order valence-electron chi connectivity index (χ3n) is 1.99. The second-order valence-corrected chi connectivity index (χ2v) is 2.78. The quantitative estimate of drug-likeness (QED) is 0.520. The van der Waals surface area contributed by atoms with Crippen molar-refractivity contribution in [3.8, 4) is 0 Å². The Balaban J connectivity index is 2.26. The number of carbonyl (C=O) groups is 1. The van der Waals surface area contributed by atoms with Crippen molar-refractivity contribution in [3.63, 3.8) is 0 Å². The molecule has 1 amide bonds. The molecule has 2 heterocycles. The Bertz CT molecular complexity index is 253. The molecule has 3 nitrogen and oxygen atoms in total. The predicted octanol–water partition coefficient (Wildman–Crippen LogP) is 0.267. The highest BCUT2D eigenvalue weighted by Crippen LogP contribution is 2.17. The lowest BCUT2D eigenvalue weighted by atomic mass is 10.0. The first-order chi connectivity index (χ1) is 5.36. The maximum absolute atomic E-state index is 10.9. The van der Waals surface area contributed by atoms with Crippen LogP contribution in [0.15, 0.2) is 23.5 Å². The molecule has 0 radical (unpaired) electrons. The first kappa shape index (κ1) is 6.46. The van der Waals surface area contributed by atoms with Crippen molar-refractivity contribution in [1.29, 1.82) is 0 Å². The third kappa shape index (κ3) is 1.13. The second kappa shape index (κ2) is 2.42. The summed E-state index contributed by atoms with van der Waals surface area (Å²) >= 11 is 0. The van der Waals surface area contributed by atoms with Gasteiger partial charge in [-0.1, -0.05) is 0 Å². The number of hydrogen-bond donors (Lipinski definition) is 2. The average Bonchev–Trinajstić information content (AvgIpc) is 2.04. The van der Waals surface area contributed by atoms with Gasteiger partial charge in [-0.15, -0.1) is 0 Å². The zero-order valence-corrected chi connectivity index (χ0v) is 6.18. The maximum Gasteiger partial charge on any atom is 0.224 e. The Morgan fingerprint density at radius 1 is 1.36 bits per heavy atom. The molecule has 58 valence electrons. The minimum absolute atomic E-state index is 0.135. The summed E-state index contributed by atoms with van der Waals surface area (Å²) in [5, 5.41) is 5.94. The van der Waals surface area contributed by atoms with Gasteiger partial charge in [0.15, 0.2) is 0 Å². The molecule has 0 aromatic carbocycles. The standard InChI is InChI=1S/C8H10N2O/c11-8-2-1-6-5-9-4-3-7(6)10-8/h3-4,9H,1-2,5H2,(H,10,11). The Morgan fingerprint density at radius 2 is 2.27 bits per heavy atom. The smallest absolute Gasteiger partial charge is 0.224 e. The molecule has 0 saturated heterocycles. The van der Waals surface area contributed by atoms with Gasteiger partial charge >= 0.3 is 0 Å². The minimum Gasteiger partial charge on any atom is -0.387 e. The van der Waals surface area contributed by atoms with Gasteiger partial charge in [0.2, 0.25) is 5.91 Å². The van der Waals surface area contributed by atoms with Crippen LogP contribution in [0, 0.1) is 0 Å². The molecular formula is C8H10N2O. The Hall–Kier alpha value is -1.25. The van der Waals surface area contributed by atoms with E-state index in [1.54, 1.807) is 0 Å². The normalized spacial score (nSPS) is 22.4. The van der Waals surface area contributed by atoms with Crippen molar-refractivity contribution in [2.45, 2.75) is 12.8 Å². The van der Waals surface area contributed by atoms with E-state index in [0.717, 1.165) is 18.7 Å². The van der Waals surface area contributed by atoms with Gasteiger partial charge in [-0.2, -0.15) is 0 Å². The van der Waals surface area contributed by atoms with E-state index in [2.05, 4.69) is 10.6 Å². The zero-order valence-electron chi connectivity index (χ0n) is 6.18. The molecule has 0 aromatic heterocycles. The molecule has 0 aromatic rings. The van der Waals surface area contributed by atoms with Gasteiger partial charge in [0.05, 0.1) is 0 Å². The van der Waals surface area contributed by atoms with Crippen LogP contribution in [0.4, 0.5) is 0 Å². The van der Waals surface area contributed by atoms with E-state index >= 15 is 0 Å². The van der Waals surface area contributed by atoms with E-state index in [4.69, 9.17) is 0 Å². The monoisotopic (exact) mass is 150 g/mol. The highest BCUT2D eigenvalue weighted by molar-refractivity contribution is 5.80. The predicted molar refractivity (Wildman–Crippen MR) is 41.5 cm³/mol. The minimum atomic E-state index is 0.135. The summed E-state index contributed by atoms with van der Waals surface area (Å²) in [4.78, 5) is 10.9. The fourth-order valence-corrected chi connectivity index (χ4v) is 1.37. The molecule has 2 rings (SSSR count). The Kier molecular flexibility index (Phi) is 1.42. The molecule has 0 atom stereocenters. The van der Waals surface area contributed by atoms with E-state index in [-0.39, 0.29) is 5.91 Å². The topological polar surface area (TPSA) is 41.1 Å². The first-order valence-electron chi connectivity index (χ1n) is 3.78. The van der Waals surface area contributed by atoms with Crippen molar-refractivity contribution < 1.29 is 4.79 Å². The lowest BCUT2D eigenvalue weighted by molar-refractivity contribution is -0.120. The molecule has 0 aliphatic carbocycles. The Morgan fingerprint density at radius 3 is 3.18 bits per heavy atom. The summed E-state index contributed by atoms with van der Waals surface area (Å²) in [6, 6.07) is 0. The van der Waals surface area contributed by atoms with Crippen LogP contribution in [-0.2, 0) is 4.79 Å². The molecule has 2 aliphatic rings. The van der Waals surface area contributed by atoms with Crippen LogP contribution >= 0.6 is 0 Å². The van der Waals surface area contributed by atoms with Gasteiger partial charge in [0.1, 0.15) is 0 Å². The molecule has 0 unspecified atom stereocenters. The maximum atomic E-state index is 10.9. The summed E-state index contributed by atoms with van der Waals surface area (Å²) in [5.41, 5.74) is 2.31. The van der Waals surface area contributed by atoms with Crippen molar-refractivity contribution in [2.24, 2.45) is 0 Å². The average molecular weight is 150 g/mol. The number of rotatable bonds is 0. The van der Waals surface area contributed by atoms with Crippen LogP contribution in [0.25, 0.3) is 0 Å². The third-order valence-corrected chi connectivity index (χ3v) is 1.99. The van der Waals surface area contributed by atoms with Crippen molar-refractivity contribution in [1.82, 2.24) is 10.6 Å². The number of amides is 1. The van der Waals surface area contributed by atoms with Crippen LogP contribution in [0.1, 0.15) is 12.8 Å². The van der Waals surface area contributed by atoms with Crippen molar-refractivity contribution >= 4 is 5.91 Å². The van der Waals surface area contributed by atoms with E-state index < -0.39 is 0 Å². The fourth-order valence-electron chi connectivity index (χ4n) is 1.37. The summed E-state index contributed by atoms with van der Waals surface area (Å²) in [5.74, 6) is 0.135. The van der Waals surface area contributed by atoms with Crippen molar-refractivity contribution in [3.05, 3.63) is 23.5 Å². The number of nitrogens with one attached hydrogen (secondary N) is 2. The van der Waals surface area contributed by atoms with E-state index in [1.165, 1.54) is 5.57 Å². The van der Waals surface area contributed by atoms with Crippen LogP contribution in [0.5, 0.6) is 0 Å². The van der Waals surface area contributed by atoms with Crippen LogP contribution in [0.2, 0.25) is 0 Å². The zero-order chi connectivity index (χ0) is 7.68. The van der Waals surface area contributed by atoms with Crippen molar-refractivity contribution in [2.75, 3.05) is 6.54 Å². The van der Waals surface area contributed by atoms with Gasteiger partial charge in [0.25, 0.3) is 0 Å². The molecule has 11 heavy (non-hydrogen) atoms. The van der Waals surface area contributed by atoms with E-state index in [0.29, 0.717) is 6.42 Å². The molecule has 2 aliphatic heterocycles. The molecule has 0 fully saturated rings. The van der Waals surface area contributed by atoms with Crippen LogP contribution in [-0.4, -0.2) is 12.5 Å². The largest absolute Gasteiger partial charge is 0.387 e. The molecular weight excluding hydrogens is 140 g/mol. The molecule has 0 spiro atoms. The highest BCUT2D eigenvalue weighted by Gasteiger charge is 2.16. The lowest BCUT2D eigenvalue weighted by Crippen LogP contribution is -2.32. The summed E-state index contributed by atoms with van der Waals surface area (Å²) in [6.07, 6.45) is 5.31. The molecule has 3 heteroatoms. The van der Waals surface area contributed by atoms with Gasteiger partial charge in [0, 0.05) is 18.7 Å². The van der Waals surface area contributed by atoms with E-state index in [1.807, 2.05) is 12.3 Å². The highest BCUT2D eigenvalue weighted by atomic mass is 16.1. The molecule has 2 N–H and O–H groups in total. The lowest BCUT2D eigenvalue weighted by Gasteiger charge is -2.21. The fraction of sp³-hybridized carbons (Fsp3) is 0.375. The van der Waals surface area contributed by atoms with Gasteiger partial charge in [-0.3, -0.25) is 4.79 Å². The van der Waals surface area contributed by atoms with Gasteiger partial charge < -0.3 is 10.6 Å². The van der Waals surface area contributed by atoms with E-state index in [9.17, 15) is 4.79 Å². The number of carbonyl (C=O) groups excluding carboxylic acids is 1. The van der Waals surface area contributed by atoms with Gasteiger partial charge in [-0.25, -0.2) is 0 Å². The number of dihydropyridines is 1. The number of hydrogen-bond acceptors (Lipinski definition) is 2. The van der Waals surface area contributed by atoms with Gasteiger partial charge in [-0.05, 0) is 24.3 Å². The molecule has 0 bridgehead atoms. The summed E-state index contributed by atoms with van der Waals surface area (Å²) < 4.78 is 0.